The third-order valence-electron chi connectivity index (χ3n) is 3.92. The van der Waals surface area contributed by atoms with Crippen molar-refractivity contribution < 1.29 is 9.90 Å². The molecule has 1 unspecified atom stereocenters. The Labute approximate surface area is 128 Å². The number of fused-ring (bicyclic) bond motifs is 1. The SMILES string of the molecule is Cc1ccc(CN2c3ccccc3CC2C(=O)O)c(Cl)c1. The van der Waals surface area contributed by atoms with Gasteiger partial charge in [-0.25, -0.2) is 4.79 Å². The summed E-state index contributed by atoms with van der Waals surface area (Å²) in [6.07, 6.45) is 0.537. The van der Waals surface area contributed by atoms with E-state index in [1.807, 2.05) is 54.3 Å². The molecule has 0 aromatic heterocycles. The van der Waals surface area contributed by atoms with E-state index in [0.29, 0.717) is 18.0 Å². The van der Waals surface area contributed by atoms with Crippen molar-refractivity contribution >= 4 is 23.3 Å². The zero-order valence-electron chi connectivity index (χ0n) is 11.7. The molecule has 2 aromatic carbocycles. The maximum Gasteiger partial charge on any atom is 0.326 e. The summed E-state index contributed by atoms with van der Waals surface area (Å²) in [5.74, 6) is -0.797. The van der Waals surface area contributed by atoms with Gasteiger partial charge in [0.1, 0.15) is 6.04 Å². The van der Waals surface area contributed by atoms with Crippen LogP contribution in [-0.2, 0) is 17.8 Å². The van der Waals surface area contributed by atoms with Gasteiger partial charge in [0.05, 0.1) is 0 Å². The number of halogens is 1. The van der Waals surface area contributed by atoms with E-state index in [9.17, 15) is 9.90 Å². The van der Waals surface area contributed by atoms with Crippen molar-refractivity contribution in [2.75, 3.05) is 4.90 Å². The molecule has 0 amide bonds. The summed E-state index contributed by atoms with van der Waals surface area (Å²) in [5, 5.41) is 10.2. The van der Waals surface area contributed by atoms with Gasteiger partial charge in [0, 0.05) is 23.7 Å². The van der Waals surface area contributed by atoms with Gasteiger partial charge in [-0.2, -0.15) is 0 Å². The van der Waals surface area contributed by atoms with E-state index in [4.69, 9.17) is 11.6 Å². The quantitative estimate of drug-likeness (QED) is 0.940. The number of nitrogens with zero attached hydrogens (tertiary/aromatic N) is 1. The normalized spacial score (nSPS) is 16.9. The van der Waals surface area contributed by atoms with Crippen molar-refractivity contribution in [3.63, 3.8) is 0 Å². The first-order valence-electron chi connectivity index (χ1n) is 6.88. The van der Waals surface area contributed by atoms with Crippen molar-refractivity contribution in [1.82, 2.24) is 0 Å². The zero-order valence-corrected chi connectivity index (χ0v) is 12.5. The summed E-state index contributed by atoms with van der Waals surface area (Å²) in [6, 6.07) is 13.2. The van der Waals surface area contributed by atoms with Crippen LogP contribution in [0.3, 0.4) is 0 Å². The van der Waals surface area contributed by atoms with Crippen LogP contribution in [0.2, 0.25) is 5.02 Å². The molecule has 4 heteroatoms. The number of aliphatic carboxylic acids is 1. The van der Waals surface area contributed by atoms with Gasteiger partial charge in [0.15, 0.2) is 0 Å². The first kappa shape index (κ1) is 14.0. The van der Waals surface area contributed by atoms with Gasteiger partial charge in [-0.1, -0.05) is 41.9 Å². The second kappa shape index (κ2) is 5.41. The number of carboxylic acid groups (broad SMARTS) is 1. The highest BCUT2D eigenvalue weighted by Crippen LogP contribution is 2.34. The second-order valence-corrected chi connectivity index (χ2v) is 5.82. The molecule has 1 N–H and O–H groups in total. The Kier molecular flexibility index (Phi) is 3.60. The molecule has 1 aliphatic rings. The van der Waals surface area contributed by atoms with Crippen molar-refractivity contribution in [2.24, 2.45) is 0 Å². The van der Waals surface area contributed by atoms with Gasteiger partial charge in [0.2, 0.25) is 0 Å². The first-order chi connectivity index (χ1) is 10.1. The molecule has 3 rings (SSSR count). The molecule has 1 heterocycles. The van der Waals surface area contributed by atoms with Crippen molar-refractivity contribution in [2.45, 2.75) is 25.9 Å². The van der Waals surface area contributed by atoms with Crippen LogP contribution in [0.1, 0.15) is 16.7 Å². The van der Waals surface area contributed by atoms with Crippen LogP contribution < -0.4 is 4.90 Å². The highest BCUT2D eigenvalue weighted by Gasteiger charge is 2.34. The number of hydrogen-bond donors (Lipinski definition) is 1. The Hall–Kier alpha value is -2.00. The molecular weight excluding hydrogens is 286 g/mol. The van der Waals surface area contributed by atoms with E-state index >= 15 is 0 Å². The summed E-state index contributed by atoms with van der Waals surface area (Å²) in [7, 11) is 0. The van der Waals surface area contributed by atoms with Crippen molar-refractivity contribution in [3.8, 4) is 0 Å². The second-order valence-electron chi connectivity index (χ2n) is 5.41. The fraction of sp³-hybridized carbons (Fsp3) is 0.235. The van der Waals surface area contributed by atoms with Gasteiger partial charge >= 0.3 is 5.97 Å². The number of anilines is 1. The molecule has 3 nitrogen and oxygen atoms in total. The molecular formula is C17H16ClNO2. The van der Waals surface area contributed by atoms with E-state index < -0.39 is 12.0 Å². The van der Waals surface area contributed by atoms with Crippen LogP contribution >= 0.6 is 11.6 Å². The summed E-state index contributed by atoms with van der Waals surface area (Å²) in [6.45, 7) is 2.49. The maximum absolute atomic E-state index is 11.5. The molecule has 0 aliphatic carbocycles. The highest BCUT2D eigenvalue weighted by atomic mass is 35.5. The number of aryl methyl sites for hydroxylation is 1. The minimum atomic E-state index is -0.797. The molecule has 21 heavy (non-hydrogen) atoms. The van der Waals surface area contributed by atoms with Crippen molar-refractivity contribution in [1.29, 1.82) is 0 Å². The monoisotopic (exact) mass is 301 g/mol. The van der Waals surface area contributed by atoms with Crippen LogP contribution in [0.4, 0.5) is 5.69 Å². The predicted molar refractivity (Wildman–Crippen MR) is 83.9 cm³/mol. The number of rotatable bonds is 3. The third kappa shape index (κ3) is 2.61. The lowest BCUT2D eigenvalue weighted by Gasteiger charge is -2.25. The summed E-state index contributed by atoms with van der Waals surface area (Å²) in [5.41, 5.74) is 4.11. The summed E-state index contributed by atoms with van der Waals surface area (Å²) >= 11 is 6.29. The Morgan fingerprint density at radius 1 is 1.33 bits per heavy atom. The summed E-state index contributed by atoms with van der Waals surface area (Å²) < 4.78 is 0. The average Bonchev–Trinajstić information content (AvgIpc) is 2.81. The van der Waals surface area contributed by atoms with Crippen LogP contribution in [0.25, 0.3) is 0 Å². The van der Waals surface area contributed by atoms with Crippen LogP contribution in [0.15, 0.2) is 42.5 Å². The number of carboxylic acids is 1. The molecule has 0 saturated carbocycles. The molecule has 0 fully saturated rings. The Balaban J connectivity index is 1.96. The fourth-order valence-electron chi connectivity index (χ4n) is 2.83. The van der Waals surface area contributed by atoms with E-state index in [1.54, 1.807) is 0 Å². The van der Waals surface area contributed by atoms with Gasteiger partial charge in [-0.3, -0.25) is 0 Å². The summed E-state index contributed by atoms with van der Waals surface area (Å²) in [4.78, 5) is 13.5. The van der Waals surface area contributed by atoms with Crippen molar-refractivity contribution in [3.05, 3.63) is 64.2 Å². The zero-order chi connectivity index (χ0) is 15.0. The molecule has 0 radical (unpaired) electrons. The largest absolute Gasteiger partial charge is 0.480 e. The van der Waals surface area contributed by atoms with Crippen LogP contribution in [0.5, 0.6) is 0 Å². The van der Waals surface area contributed by atoms with Gasteiger partial charge < -0.3 is 10.0 Å². The van der Waals surface area contributed by atoms with E-state index in [0.717, 1.165) is 22.4 Å². The smallest absolute Gasteiger partial charge is 0.326 e. The van der Waals surface area contributed by atoms with Gasteiger partial charge in [0.25, 0.3) is 0 Å². The Bertz CT molecular complexity index is 699. The van der Waals surface area contributed by atoms with E-state index in [2.05, 4.69) is 0 Å². The number of para-hydroxylation sites is 1. The maximum atomic E-state index is 11.5. The molecule has 108 valence electrons. The molecule has 0 spiro atoms. The lowest BCUT2D eigenvalue weighted by molar-refractivity contribution is -0.138. The average molecular weight is 302 g/mol. The standard InChI is InChI=1S/C17H16ClNO2/c1-11-6-7-13(14(18)8-11)10-19-15-5-3-2-4-12(15)9-16(19)17(20)21/h2-8,16H,9-10H2,1H3,(H,20,21). The van der Waals surface area contributed by atoms with Gasteiger partial charge in [-0.05, 0) is 35.7 Å². The Morgan fingerprint density at radius 3 is 2.81 bits per heavy atom. The van der Waals surface area contributed by atoms with Crippen LogP contribution in [0, 0.1) is 6.92 Å². The third-order valence-corrected chi connectivity index (χ3v) is 4.28. The minimum absolute atomic E-state index is 0.507. The lowest BCUT2D eigenvalue weighted by Crippen LogP contribution is -2.38. The topological polar surface area (TPSA) is 40.5 Å². The lowest BCUT2D eigenvalue weighted by atomic mass is 10.1. The molecule has 2 aromatic rings. The number of carbonyl (C=O) groups is 1. The molecule has 0 saturated heterocycles. The first-order valence-corrected chi connectivity index (χ1v) is 7.26. The molecule has 0 bridgehead atoms. The minimum Gasteiger partial charge on any atom is -0.480 e. The highest BCUT2D eigenvalue weighted by molar-refractivity contribution is 6.31. The molecule has 1 aliphatic heterocycles. The number of hydrogen-bond acceptors (Lipinski definition) is 2. The fourth-order valence-corrected chi connectivity index (χ4v) is 3.12. The molecule has 1 atom stereocenters. The number of benzene rings is 2. The Morgan fingerprint density at radius 2 is 2.10 bits per heavy atom. The van der Waals surface area contributed by atoms with E-state index in [1.165, 1.54) is 0 Å². The predicted octanol–water partition coefficient (Wildman–Crippen LogP) is 3.66. The van der Waals surface area contributed by atoms with Gasteiger partial charge in [-0.15, -0.1) is 0 Å². The van der Waals surface area contributed by atoms with Crippen LogP contribution in [-0.4, -0.2) is 17.1 Å². The van der Waals surface area contributed by atoms with E-state index in [-0.39, 0.29) is 0 Å².